The lowest BCUT2D eigenvalue weighted by molar-refractivity contribution is 0.114. The van der Waals surface area contributed by atoms with Crippen LogP contribution in [0.25, 0.3) is 0 Å². The quantitative estimate of drug-likeness (QED) is 0.529. The minimum absolute atomic E-state index is 0.0158. The molecule has 0 aliphatic carbocycles. The predicted molar refractivity (Wildman–Crippen MR) is 115 cm³/mol. The molecule has 4 heteroatoms. The third-order valence-electron chi connectivity index (χ3n) is 5.47. The standard InChI is InChI=1S/C24H31N3O/c1-3-23-15-16-27(26-23)24(18(2)28)14-11-21(20-7-5-4-6-8-20)17-19-9-12-22(25)13-10-19/h4-10,12-13,15-16,18,21,24,28H,3,11,14,17,25H2,1-2H3. The van der Waals surface area contributed by atoms with E-state index < -0.39 is 6.10 Å². The maximum atomic E-state index is 10.4. The van der Waals surface area contributed by atoms with E-state index >= 15 is 0 Å². The largest absolute Gasteiger partial charge is 0.399 e. The SMILES string of the molecule is CCc1ccn(C(CCC(Cc2ccc(N)cc2)c2ccccc2)C(C)O)n1. The molecule has 2 aromatic carbocycles. The monoisotopic (exact) mass is 377 g/mol. The Labute approximate surface area is 168 Å². The minimum Gasteiger partial charge on any atom is -0.399 e. The Kier molecular flexibility index (Phi) is 6.88. The second-order valence-electron chi connectivity index (χ2n) is 7.58. The first kappa shape index (κ1) is 20.2. The number of aromatic nitrogens is 2. The van der Waals surface area contributed by atoms with Gasteiger partial charge in [-0.15, -0.1) is 0 Å². The summed E-state index contributed by atoms with van der Waals surface area (Å²) in [6, 6.07) is 20.8. The molecule has 3 unspecified atom stereocenters. The van der Waals surface area contributed by atoms with Gasteiger partial charge in [0.05, 0.1) is 17.8 Å². The minimum atomic E-state index is -0.447. The molecule has 0 saturated carbocycles. The zero-order valence-corrected chi connectivity index (χ0v) is 16.8. The molecule has 1 heterocycles. The molecule has 0 aliphatic rings. The average Bonchev–Trinajstić information content (AvgIpc) is 3.18. The van der Waals surface area contributed by atoms with E-state index in [1.165, 1.54) is 11.1 Å². The summed E-state index contributed by atoms with van der Waals surface area (Å²) in [6.07, 6.45) is 5.26. The van der Waals surface area contributed by atoms with Crippen LogP contribution in [0.1, 0.15) is 55.5 Å². The van der Waals surface area contributed by atoms with Crippen molar-refractivity contribution in [2.45, 2.75) is 57.6 Å². The van der Waals surface area contributed by atoms with E-state index in [1.807, 2.05) is 36.0 Å². The van der Waals surface area contributed by atoms with E-state index in [0.29, 0.717) is 5.92 Å². The van der Waals surface area contributed by atoms with Crippen molar-refractivity contribution in [1.29, 1.82) is 0 Å². The molecule has 3 N–H and O–H groups in total. The summed E-state index contributed by atoms with van der Waals surface area (Å²) in [4.78, 5) is 0. The fourth-order valence-corrected chi connectivity index (χ4v) is 3.77. The van der Waals surface area contributed by atoms with Gasteiger partial charge in [0, 0.05) is 11.9 Å². The van der Waals surface area contributed by atoms with Crippen LogP contribution in [0.15, 0.2) is 66.9 Å². The third-order valence-corrected chi connectivity index (χ3v) is 5.47. The summed E-state index contributed by atoms with van der Waals surface area (Å²) in [5.41, 5.74) is 10.3. The van der Waals surface area contributed by atoms with Crippen molar-refractivity contribution in [2.75, 3.05) is 5.73 Å². The summed E-state index contributed by atoms with van der Waals surface area (Å²) >= 11 is 0. The lowest BCUT2D eigenvalue weighted by atomic mass is 9.86. The molecule has 3 atom stereocenters. The Balaban J connectivity index is 1.76. The van der Waals surface area contributed by atoms with Crippen LogP contribution in [0.3, 0.4) is 0 Å². The fraction of sp³-hybridized carbons (Fsp3) is 0.375. The molecule has 4 nitrogen and oxygen atoms in total. The first-order chi connectivity index (χ1) is 13.6. The van der Waals surface area contributed by atoms with Gasteiger partial charge in [-0.1, -0.05) is 49.4 Å². The van der Waals surface area contributed by atoms with Crippen molar-refractivity contribution in [1.82, 2.24) is 9.78 Å². The number of aryl methyl sites for hydroxylation is 1. The third kappa shape index (κ3) is 5.23. The highest BCUT2D eigenvalue weighted by Crippen LogP contribution is 2.30. The summed E-state index contributed by atoms with van der Waals surface area (Å²) in [6.45, 7) is 3.96. The predicted octanol–water partition coefficient (Wildman–Crippen LogP) is 4.76. The number of hydrogen-bond donors (Lipinski definition) is 2. The summed E-state index contributed by atoms with van der Waals surface area (Å²) in [5.74, 6) is 0.382. The number of nitrogen functional groups attached to an aromatic ring is 1. The first-order valence-electron chi connectivity index (χ1n) is 10.2. The molecule has 1 aromatic heterocycles. The maximum absolute atomic E-state index is 10.4. The molecule has 0 saturated heterocycles. The number of nitrogens with zero attached hydrogens (tertiary/aromatic N) is 2. The molecule has 28 heavy (non-hydrogen) atoms. The van der Waals surface area contributed by atoms with Gasteiger partial charge in [0.25, 0.3) is 0 Å². The maximum Gasteiger partial charge on any atom is 0.0775 e. The molecule has 0 bridgehead atoms. The molecular formula is C24H31N3O. The van der Waals surface area contributed by atoms with Crippen LogP contribution in [0.4, 0.5) is 5.69 Å². The van der Waals surface area contributed by atoms with Crippen LogP contribution in [-0.2, 0) is 12.8 Å². The van der Waals surface area contributed by atoms with Crippen LogP contribution in [0, 0.1) is 0 Å². The van der Waals surface area contributed by atoms with E-state index in [1.54, 1.807) is 0 Å². The normalized spacial score (nSPS) is 14.5. The van der Waals surface area contributed by atoms with Crippen molar-refractivity contribution in [3.63, 3.8) is 0 Å². The molecule has 3 aromatic rings. The molecule has 0 amide bonds. The van der Waals surface area contributed by atoms with Crippen LogP contribution in [0.2, 0.25) is 0 Å². The summed E-state index contributed by atoms with van der Waals surface area (Å²) in [7, 11) is 0. The fourth-order valence-electron chi connectivity index (χ4n) is 3.77. The zero-order chi connectivity index (χ0) is 19.9. The van der Waals surface area contributed by atoms with Gasteiger partial charge in [-0.2, -0.15) is 5.10 Å². The first-order valence-corrected chi connectivity index (χ1v) is 10.2. The molecule has 0 aliphatic heterocycles. The van der Waals surface area contributed by atoms with Crippen molar-refractivity contribution in [3.8, 4) is 0 Å². The van der Waals surface area contributed by atoms with Crippen molar-refractivity contribution < 1.29 is 5.11 Å². The second-order valence-corrected chi connectivity index (χ2v) is 7.58. The van der Waals surface area contributed by atoms with Gasteiger partial charge in [0.15, 0.2) is 0 Å². The number of anilines is 1. The Hall–Kier alpha value is -2.59. The van der Waals surface area contributed by atoms with Crippen molar-refractivity contribution >= 4 is 5.69 Å². The van der Waals surface area contributed by atoms with Crippen LogP contribution in [-0.4, -0.2) is 21.0 Å². The highest BCUT2D eigenvalue weighted by molar-refractivity contribution is 5.39. The number of aliphatic hydroxyl groups is 1. The number of rotatable bonds is 9. The molecule has 148 valence electrons. The highest BCUT2D eigenvalue weighted by Gasteiger charge is 2.21. The topological polar surface area (TPSA) is 64.1 Å². The van der Waals surface area contributed by atoms with Crippen molar-refractivity contribution in [3.05, 3.63) is 83.7 Å². The number of nitrogens with two attached hydrogens (primary N) is 1. The van der Waals surface area contributed by atoms with E-state index in [-0.39, 0.29) is 6.04 Å². The zero-order valence-electron chi connectivity index (χ0n) is 16.8. The molecule has 0 fully saturated rings. The summed E-state index contributed by atoms with van der Waals surface area (Å²) < 4.78 is 1.94. The Bertz CT molecular complexity index is 840. The van der Waals surface area contributed by atoms with Crippen molar-refractivity contribution in [2.24, 2.45) is 0 Å². The molecular weight excluding hydrogens is 346 g/mol. The van der Waals surface area contributed by atoms with E-state index in [0.717, 1.165) is 37.1 Å². The second kappa shape index (κ2) is 9.56. The smallest absolute Gasteiger partial charge is 0.0775 e. The number of hydrogen-bond acceptors (Lipinski definition) is 3. The van der Waals surface area contributed by atoms with Gasteiger partial charge in [-0.05, 0) is 67.9 Å². The van der Waals surface area contributed by atoms with E-state index in [2.05, 4.69) is 54.5 Å². The van der Waals surface area contributed by atoms with Gasteiger partial charge in [0.1, 0.15) is 0 Å². The van der Waals surface area contributed by atoms with E-state index in [4.69, 9.17) is 5.73 Å². The van der Waals surface area contributed by atoms with Gasteiger partial charge in [0.2, 0.25) is 0 Å². The van der Waals surface area contributed by atoms with Crippen LogP contribution >= 0.6 is 0 Å². The lowest BCUT2D eigenvalue weighted by Gasteiger charge is -2.24. The van der Waals surface area contributed by atoms with Gasteiger partial charge >= 0.3 is 0 Å². The average molecular weight is 378 g/mol. The van der Waals surface area contributed by atoms with Gasteiger partial charge in [-0.3, -0.25) is 4.68 Å². The van der Waals surface area contributed by atoms with E-state index in [9.17, 15) is 5.11 Å². The molecule has 0 radical (unpaired) electrons. The Morgan fingerprint density at radius 3 is 2.32 bits per heavy atom. The van der Waals surface area contributed by atoms with Crippen LogP contribution in [0.5, 0.6) is 0 Å². The number of aliphatic hydroxyl groups excluding tert-OH is 1. The lowest BCUT2D eigenvalue weighted by Crippen LogP contribution is -2.23. The summed E-state index contributed by atoms with van der Waals surface area (Å²) in [5, 5.41) is 15.0. The highest BCUT2D eigenvalue weighted by atomic mass is 16.3. The van der Waals surface area contributed by atoms with Crippen LogP contribution < -0.4 is 5.73 Å². The Morgan fingerprint density at radius 1 is 1.00 bits per heavy atom. The van der Waals surface area contributed by atoms with Gasteiger partial charge < -0.3 is 10.8 Å². The Morgan fingerprint density at radius 2 is 1.71 bits per heavy atom. The number of benzene rings is 2. The molecule has 0 spiro atoms. The van der Waals surface area contributed by atoms with Gasteiger partial charge in [-0.25, -0.2) is 0 Å². The molecule has 3 rings (SSSR count).